The lowest BCUT2D eigenvalue weighted by Gasteiger charge is -2.47. The number of anilines is 6. The molecule has 0 saturated heterocycles. The van der Waals surface area contributed by atoms with Gasteiger partial charge in [-0.05, 0) is 217 Å². The van der Waals surface area contributed by atoms with Crippen LogP contribution < -0.4 is 26.4 Å². The van der Waals surface area contributed by atoms with Gasteiger partial charge in [0.15, 0.2) is 0 Å². The van der Waals surface area contributed by atoms with Gasteiger partial charge < -0.3 is 14.2 Å². The van der Waals surface area contributed by atoms with Crippen molar-refractivity contribution in [2.45, 2.75) is 219 Å². The van der Waals surface area contributed by atoms with Crippen LogP contribution in [0, 0.1) is 0 Å². The van der Waals surface area contributed by atoms with E-state index in [0.717, 1.165) is 11.2 Å². The maximum atomic E-state index is 7.72. The van der Waals surface area contributed by atoms with Crippen LogP contribution in [0.15, 0.2) is 77.2 Å². The summed E-state index contributed by atoms with van der Waals surface area (Å²) in [6.45, 7) is 41.8. The zero-order chi connectivity index (χ0) is 49.8. The lowest BCUT2D eigenvalue weighted by atomic mass is 9.35. The van der Waals surface area contributed by atoms with Crippen molar-refractivity contribution in [3.63, 3.8) is 0 Å². The topological polar surface area (TPSA) is 19.6 Å². The number of furan rings is 1. The molecule has 6 aromatic rings. The second-order valence-electron chi connectivity index (χ2n) is 28.7. The average Bonchev–Trinajstić information content (AvgIpc) is 3.66. The summed E-state index contributed by atoms with van der Waals surface area (Å²) < 4.78 is 7.72. The fraction of sp³-hybridized carbons (Fsp3) is 0.515. The first-order chi connectivity index (χ1) is 32.6. The summed E-state index contributed by atoms with van der Waals surface area (Å²) in [4.78, 5) is 5.42. The van der Waals surface area contributed by atoms with E-state index in [4.69, 9.17) is 4.42 Å². The largest absolute Gasteiger partial charge is 0.468 e. The van der Waals surface area contributed by atoms with Crippen LogP contribution in [0.5, 0.6) is 0 Å². The Balaban J connectivity index is 1.24. The monoisotopic (exact) mass is 929 g/mol. The van der Waals surface area contributed by atoms with Crippen molar-refractivity contribution in [2.24, 2.45) is 0 Å². The number of fused-ring (bicyclic) bond motifs is 10. The average molecular weight is 929 g/mol. The minimum atomic E-state index is -0.117. The lowest BCUT2D eigenvalue weighted by Crippen LogP contribution is -2.61. The molecule has 0 radical (unpaired) electrons. The molecule has 2 atom stereocenters. The standard InChI is InChI=1S/C66H81BN2O/c1-38-18-19-39(2)44-35-56-45(34-43(38)44)58-59(70-56)67-52-36-50-51(66(16,17)29-28-65(50,14)15)37-53(52)68(41-20-22-46-48(32-41)63(10,11)26-24-61(46,6)7)54-30-40(60(3,4)5)31-55(57(54)67)69(58)42-21-23-47-49(33-42)64(12,13)27-25-62(47,8)9/h20-23,30-39H,18-19,24-29H2,1-17H3. The molecule has 364 valence electrons. The molecule has 12 rings (SSSR count). The van der Waals surface area contributed by atoms with Crippen molar-refractivity contribution < 1.29 is 4.42 Å². The van der Waals surface area contributed by atoms with Gasteiger partial charge in [-0.2, -0.15) is 0 Å². The third-order valence-electron chi connectivity index (χ3n) is 20.0. The lowest BCUT2D eigenvalue weighted by molar-refractivity contribution is 0.332. The maximum absolute atomic E-state index is 7.72. The van der Waals surface area contributed by atoms with Crippen molar-refractivity contribution in [3.8, 4) is 0 Å². The summed E-state index contributed by atoms with van der Waals surface area (Å²) in [5, 5.41) is 1.25. The summed E-state index contributed by atoms with van der Waals surface area (Å²) in [5.41, 5.74) is 26.1. The Hall–Kier alpha value is -4.70. The molecule has 3 nitrogen and oxygen atoms in total. The Morgan fingerprint density at radius 1 is 0.486 bits per heavy atom. The Labute approximate surface area is 422 Å². The van der Waals surface area contributed by atoms with Gasteiger partial charge in [0.05, 0.1) is 11.3 Å². The van der Waals surface area contributed by atoms with Gasteiger partial charge in [-0.1, -0.05) is 136 Å². The molecule has 3 heterocycles. The summed E-state index contributed by atoms with van der Waals surface area (Å²) >= 11 is 0. The smallest absolute Gasteiger partial charge is 0.297 e. The SMILES string of the molecule is CC1CCC(C)c2cc3c4c(oc3cc21)B1c2cc3c(cc2N(c2ccc5c(c2)C(C)(C)CCC5(C)C)c2cc(C(C)(C)C)cc(c21)N4c1ccc2c(c1)C(C)(C)CCC2(C)C)C(C)(C)CCC3(C)C. The summed E-state index contributed by atoms with van der Waals surface area (Å²) in [6.07, 6.45) is 9.54. The predicted octanol–water partition coefficient (Wildman–Crippen LogP) is 16.9. The van der Waals surface area contributed by atoms with Crippen LogP contribution in [-0.2, 0) is 37.9 Å². The van der Waals surface area contributed by atoms with Crippen molar-refractivity contribution >= 4 is 68.4 Å². The number of hydrogen-bond acceptors (Lipinski definition) is 3. The fourth-order valence-electron chi connectivity index (χ4n) is 14.7. The van der Waals surface area contributed by atoms with Gasteiger partial charge in [-0.25, -0.2) is 0 Å². The van der Waals surface area contributed by atoms with Gasteiger partial charge in [-0.3, -0.25) is 0 Å². The Kier molecular flexibility index (Phi) is 9.61. The van der Waals surface area contributed by atoms with Crippen LogP contribution in [0.1, 0.15) is 231 Å². The molecule has 1 aromatic heterocycles. The Morgan fingerprint density at radius 2 is 0.914 bits per heavy atom. The van der Waals surface area contributed by atoms with E-state index >= 15 is 0 Å². The molecule has 5 aromatic carbocycles. The summed E-state index contributed by atoms with van der Waals surface area (Å²) in [5.74, 6) is 1.01. The predicted molar refractivity (Wildman–Crippen MR) is 301 cm³/mol. The molecule has 2 aliphatic heterocycles. The highest BCUT2D eigenvalue weighted by Gasteiger charge is 2.51. The highest BCUT2D eigenvalue weighted by molar-refractivity contribution is 7.00. The van der Waals surface area contributed by atoms with Crippen molar-refractivity contribution in [2.75, 3.05) is 9.80 Å². The first-order valence-corrected chi connectivity index (χ1v) is 27.5. The van der Waals surface area contributed by atoms with Crippen molar-refractivity contribution in [1.29, 1.82) is 0 Å². The van der Waals surface area contributed by atoms with Crippen LogP contribution in [0.4, 0.5) is 34.1 Å². The highest BCUT2D eigenvalue weighted by Crippen LogP contribution is 2.56. The number of rotatable bonds is 2. The first-order valence-electron chi connectivity index (χ1n) is 27.5. The van der Waals surface area contributed by atoms with Crippen LogP contribution in [0.2, 0.25) is 0 Å². The van der Waals surface area contributed by atoms with Crippen molar-refractivity contribution in [1.82, 2.24) is 0 Å². The van der Waals surface area contributed by atoms with E-state index in [1.807, 2.05) is 0 Å². The zero-order valence-electron chi connectivity index (χ0n) is 46.1. The van der Waals surface area contributed by atoms with Gasteiger partial charge in [0.1, 0.15) is 5.58 Å². The Bertz CT molecular complexity index is 3220. The minimum absolute atomic E-state index is 0.0395. The van der Waals surface area contributed by atoms with Crippen LogP contribution >= 0.6 is 0 Å². The van der Waals surface area contributed by atoms with E-state index in [0.29, 0.717) is 11.8 Å². The second kappa shape index (κ2) is 14.5. The second-order valence-corrected chi connectivity index (χ2v) is 28.7. The van der Waals surface area contributed by atoms with Crippen LogP contribution in [-0.4, -0.2) is 6.71 Å². The molecular formula is C66H81BN2O. The zero-order valence-corrected chi connectivity index (χ0v) is 46.1. The molecule has 6 aliphatic rings. The van der Waals surface area contributed by atoms with Crippen molar-refractivity contribution in [3.05, 3.63) is 123 Å². The van der Waals surface area contributed by atoms with Gasteiger partial charge >= 0.3 is 0 Å². The van der Waals surface area contributed by atoms with Gasteiger partial charge in [0.2, 0.25) is 0 Å². The highest BCUT2D eigenvalue weighted by atomic mass is 16.3. The number of nitrogens with zero attached hydrogens (tertiary/aromatic N) is 2. The number of hydrogen-bond donors (Lipinski definition) is 0. The summed E-state index contributed by atoms with van der Waals surface area (Å²) in [7, 11) is 0. The third kappa shape index (κ3) is 6.58. The number of benzene rings is 5. The molecule has 2 unspecified atom stereocenters. The van der Waals surface area contributed by atoms with E-state index < -0.39 is 0 Å². The molecule has 4 heteroatoms. The van der Waals surface area contributed by atoms with E-state index in [9.17, 15) is 0 Å². The van der Waals surface area contributed by atoms with E-state index in [-0.39, 0.29) is 44.6 Å². The summed E-state index contributed by atoms with van der Waals surface area (Å²) in [6, 6.07) is 30.7. The third-order valence-corrected chi connectivity index (χ3v) is 20.0. The molecule has 0 spiro atoms. The van der Waals surface area contributed by atoms with Gasteiger partial charge in [0, 0.05) is 33.8 Å². The first kappa shape index (κ1) is 46.4. The minimum Gasteiger partial charge on any atom is -0.468 e. The van der Waals surface area contributed by atoms with E-state index in [1.54, 1.807) is 0 Å². The maximum Gasteiger partial charge on any atom is 0.297 e. The molecule has 4 aliphatic carbocycles. The van der Waals surface area contributed by atoms with E-state index in [1.165, 1.54) is 152 Å². The fourth-order valence-corrected chi connectivity index (χ4v) is 14.7. The molecule has 0 saturated carbocycles. The van der Waals surface area contributed by atoms with Gasteiger partial charge in [0.25, 0.3) is 6.71 Å². The molecule has 0 bridgehead atoms. The molecule has 0 amide bonds. The van der Waals surface area contributed by atoms with Gasteiger partial charge in [-0.15, -0.1) is 0 Å². The van der Waals surface area contributed by atoms with E-state index in [2.05, 4.69) is 200 Å². The van der Waals surface area contributed by atoms with Crippen LogP contribution in [0.25, 0.3) is 11.0 Å². The Morgan fingerprint density at radius 3 is 1.41 bits per heavy atom. The molecule has 0 N–H and O–H groups in total. The quantitative estimate of drug-likeness (QED) is 0.161. The molecular weight excluding hydrogens is 848 g/mol. The van der Waals surface area contributed by atoms with Crippen LogP contribution in [0.3, 0.4) is 0 Å². The molecule has 0 fully saturated rings. The molecule has 70 heavy (non-hydrogen) atoms. The normalized spacial score (nSPS) is 23.6.